The Morgan fingerprint density at radius 3 is 2.52 bits per heavy atom. The van der Waals surface area contributed by atoms with Crippen LogP contribution in [0.1, 0.15) is 69.3 Å². The van der Waals surface area contributed by atoms with Gasteiger partial charge in [-0.05, 0) is 49.7 Å². The molecule has 0 radical (unpaired) electrons. The fourth-order valence-electron chi connectivity index (χ4n) is 5.12. The van der Waals surface area contributed by atoms with E-state index in [1.54, 1.807) is 0 Å². The van der Waals surface area contributed by atoms with Gasteiger partial charge in [-0.15, -0.1) is 0 Å². The first-order valence-electron chi connectivity index (χ1n) is 12.2. The number of hydrogen-bond acceptors (Lipinski definition) is 5. The number of amides is 2. The molecule has 2 aliphatic heterocycles. The molecule has 0 spiro atoms. The van der Waals surface area contributed by atoms with E-state index in [-0.39, 0.29) is 58.3 Å². The van der Waals surface area contributed by atoms with Crippen molar-refractivity contribution in [2.45, 2.75) is 51.1 Å². The summed E-state index contributed by atoms with van der Waals surface area (Å²) in [5.41, 5.74) is 0.178. The molecule has 210 valence electrons. The van der Waals surface area contributed by atoms with E-state index in [2.05, 4.69) is 10.1 Å². The number of carboxylic acids is 1. The summed E-state index contributed by atoms with van der Waals surface area (Å²) < 4.78 is 41.0. The zero-order valence-electron chi connectivity index (χ0n) is 21.1. The second kappa shape index (κ2) is 10.1. The molecule has 2 aromatic heterocycles. The molecule has 4 heterocycles. The molecule has 0 fully saturated rings. The standard InChI is InChI=1S/C26H22Cl2F3N5O4/c1-12-7-19-16(10-34(12)23(37)15-3-4-17(27)18(28)8-15)22-24(38)35(11-20(25(39)40)36(22)33-19)13(2)14-5-6-32-21(9-14)26(29,30)31/h3-6,8-9,12-13,20H,7,10-11H2,1-2H3,(H,39,40)/t12-,13?,20+/m1/s1. The van der Waals surface area contributed by atoms with Crippen LogP contribution in [0.3, 0.4) is 0 Å². The number of pyridine rings is 1. The van der Waals surface area contributed by atoms with Gasteiger partial charge in [0.15, 0.2) is 6.04 Å². The molecule has 2 aliphatic rings. The summed E-state index contributed by atoms with van der Waals surface area (Å²) in [4.78, 5) is 45.6. The van der Waals surface area contributed by atoms with E-state index in [0.717, 1.165) is 16.9 Å². The van der Waals surface area contributed by atoms with E-state index >= 15 is 0 Å². The van der Waals surface area contributed by atoms with Crippen LogP contribution in [-0.2, 0) is 23.9 Å². The Hall–Kier alpha value is -3.64. The summed E-state index contributed by atoms with van der Waals surface area (Å²) in [6.45, 7) is 2.99. The molecule has 0 saturated heterocycles. The van der Waals surface area contributed by atoms with Gasteiger partial charge in [-0.3, -0.25) is 14.6 Å². The zero-order chi connectivity index (χ0) is 29.1. The summed E-state index contributed by atoms with van der Waals surface area (Å²) in [5.74, 6) is -2.22. The first kappa shape index (κ1) is 27.9. The molecule has 3 aromatic rings. The summed E-state index contributed by atoms with van der Waals surface area (Å²) >= 11 is 12.1. The molecule has 2 amide bonds. The van der Waals surface area contributed by atoms with Gasteiger partial charge >= 0.3 is 12.1 Å². The molecular weight excluding hydrogens is 574 g/mol. The number of hydrogen-bond donors (Lipinski definition) is 1. The number of halogens is 5. The molecule has 0 saturated carbocycles. The Labute approximate surface area is 236 Å². The Morgan fingerprint density at radius 2 is 1.88 bits per heavy atom. The van der Waals surface area contributed by atoms with Crippen LogP contribution in [0.2, 0.25) is 10.0 Å². The summed E-state index contributed by atoms with van der Waals surface area (Å²) in [7, 11) is 0. The molecule has 14 heteroatoms. The largest absolute Gasteiger partial charge is 0.480 e. The third kappa shape index (κ3) is 4.79. The van der Waals surface area contributed by atoms with Gasteiger partial charge in [0.2, 0.25) is 0 Å². The number of aromatic nitrogens is 3. The Bertz CT molecular complexity index is 1540. The van der Waals surface area contributed by atoms with Crippen LogP contribution in [0.15, 0.2) is 36.5 Å². The highest BCUT2D eigenvalue weighted by molar-refractivity contribution is 6.42. The smallest absolute Gasteiger partial charge is 0.433 e. The van der Waals surface area contributed by atoms with Crippen molar-refractivity contribution < 1.29 is 32.7 Å². The quantitative estimate of drug-likeness (QED) is 0.453. The van der Waals surface area contributed by atoms with Crippen LogP contribution in [0, 0.1) is 0 Å². The van der Waals surface area contributed by atoms with Crippen molar-refractivity contribution in [2.75, 3.05) is 6.54 Å². The van der Waals surface area contributed by atoms with Crippen molar-refractivity contribution in [3.8, 4) is 0 Å². The first-order valence-corrected chi connectivity index (χ1v) is 13.0. The second-order valence-electron chi connectivity index (χ2n) is 9.79. The number of aliphatic carboxylic acids is 1. The number of fused-ring (bicyclic) bond motifs is 3. The van der Waals surface area contributed by atoms with Crippen molar-refractivity contribution in [1.29, 1.82) is 0 Å². The van der Waals surface area contributed by atoms with Gasteiger partial charge in [0, 0.05) is 29.8 Å². The maximum atomic E-state index is 13.8. The van der Waals surface area contributed by atoms with Gasteiger partial charge in [0.05, 0.1) is 34.9 Å². The Kier molecular flexibility index (Phi) is 7.03. The van der Waals surface area contributed by atoms with Crippen molar-refractivity contribution in [1.82, 2.24) is 24.6 Å². The van der Waals surface area contributed by atoms with Crippen LogP contribution in [0.25, 0.3) is 0 Å². The topological polar surface area (TPSA) is 109 Å². The van der Waals surface area contributed by atoms with Crippen LogP contribution in [-0.4, -0.2) is 60.0 Å². The fourth-order valence-corrected chi connectivity index (χ4v) is 5.42. The van der Waals surface area contributed by atoms with E-state index < -0.39 is 35.8 Å². The molecule has 1 N–H and O–H groups in total. The monoisotopic (exact) mass is 595 g/mol. The molecule has 1 aromatic carbocycles. The molecule has 9 nitrogen and oxygen atoms in total. The highest BCUT2D eigenvalue weighted by atomic mass is 35.5. The fraction of sp³-hybridized carbons (Fsp3) is 0.346. The first-order chi connectivity index (χ1) is 18.8. The van der Waals surface area contributed by atoms with Crippen LogP contribution >= 0.6 is 23.2 Å². The second-order valence-corrected chi connectivity index (χ2v) is 10.6. The van der Waals surface area contributed by atoms with E-state index in [9.17, 15) is 32.7 Å². The van der Waals surface area contributed by atoms with Crippen LogP contribution in [0.5, 0.6) is 0 Å². The Morgan fingerprint density at radius 1 is 1.15 bits per heavy atom. The average Bonchev–Trinajstić information content (AvgIpc) is 3.27. The van der Waals surface area contributed by atoms with Gasteiger partial charge < -0.3 is 14.9 Å². The molecule has 40 heavy (non-hydrogen) atoms. The molecule has 3 atom stereocenters. The number of carbonyl (C=O) groups is 3. The van der Waals surface area contributed by atoms with Gasteiger partial charge in [-0.1, -0.05) is 23.2 Å². The van der Waals surface area contributed by atoms with Crippen molar-refractivity contribution in [3.05, 3.63) is 80.3 Å². The van der Waals surface area contributed by atoms with Crippen molar-refractivity contribution >= 4 is 41.0 Å². The molecule has 1 unspecified atom stereocenters. The van der Waals surface area contributed by atoms with Crippen LogP contribution < -0.4 is 0 Å². The lowest BCUT2D eigenvalue weighted by molar-refractivity contribution is -0.142. The third-order valence-corrected chi connectivity index (χ3v) is 8.05. The minimum atomic E-state index is -4.69. The highest BCUT2D eigenvalue weighted by Gasteiger charge is 2.44. The van der Waals surface area contributed by atoms with Gasteiger partial charge in [0.25, 0.3) is 11.8 Å². The van der Waals surface area contributed by atoms with E-state index in [0.29, 0.717) is 11.3 Å². The summed E-state index contributed by atoms with van der Waals surface area (Å²) in [6.07, 6.45) is -3.43. The average molecular weight is 596 g/mol. The maximum absolute atomic E-state index is 13.8. The number of rotatable bonds is 4. The minimum Gasteiger partial charge on any atom is -0.480 e. The van der Waals surface area contributed by atoms with Crippen molar-refractivity contribution in [3.63, 3.8) is 0 Å². The van der Waals surface area contributed by atoms with Crippen molar-refractivity contribution in [2.24, 2.45) is 0 Å². The lowest BCUT2D eigenvalue weighted by Crippen LogP contribution is -2.47. The SMILES string of the molecule is CC(c1ccnc(C(F)(F)F)c1)N1C[C@@H](C(=O)O)n2nc3c(c2C1=O)CN(C(=O)c1ccc(Cl)c(Cl)c1)[C@H](C)C3. The molecule has 5 rings (SSSR count). The predicted octanol–water partition coefficient (Wildman–Crippen LogP) is 5.03. The number of benzene rings is 1. The normalized spacial score (nSPS) is 19.7. The highest BCUT2D eigenvalue weighted by Crippen LogP contribution is 2.37. The number of carbonyl (C=O) groups excluding carboxylic acids is 2. The lowest BCUT2D eigenvalue weighted by Gasteiger charge is -2.37. The van der Waals surface area contributed by atoms with E-state index in [1.807, 2.05) is 6.92 Å². The summed E-state index contributed by atoms with van der Waals surface area (Å²) in [6, 6.07) is 4.15. The van der Waals surface area contributed by atoms with E-state index in [4.69, 9.17) is 23.2 Å². The number of nitrogens with zero attached hydrogens (tertiary/aromatic N) is 5. The molecule has 0 aliphatic carbocycles. The number of carboxylic acid groups (broad SMARTS) is 1. The zero-order valence-corrected chi connectivity index (χ0v) is 22.6. The molecule has 0 bridgehead atoms. The lowest BCUT2D eigenvalue weighted by atomic mass is 9.96. The third-order valence-electron chi connectivity index (χ3n) is 7.31. The van der Waals surface area contributed by atoms with Gasteiger partial charge in [0.1, 0.15) is 11.4 Å². The summed E-state index contributed by atoms with van der Waals surface area (Å²) in [5, 5.41) is 14.9. The van der Waals surface area contributed by atoms with Gasteiger partial charge in [-0.25, -0.2) is 9.48 Å². The van der Waals surface area contributed by atoms with Gasteiger partial charge in [-0.2, -0.15) is 18.3 Å². The predicted molar refractivity (Wildman–Crippen MR) is 137 cm³/mol. The van der Waals surface area contributed by atoms with E-state index in [1.165, 1.54) is 41.0 Å². The van der Waals surface area contributed by atoms with Crippen LogP contribution in [0.4, 0.5) is 13.2 Å². The minimum absolute atomic E-state index is 0.00978. The Balaban J connectivity index is 1.52. The maximum Gasteiger partial charge on any atom is 0.433 e. The number of alkyl halides is 3. The molecular formula is C26H22Cl2F3N5O4.